The van der Waals surface area contributed by atoms with Gasteiger partial charge in [0.05, 0.1) is 0 Å². The number of aliphatic carboxylic acids is 1. The largest absolute Gasteiger partial charge is 0.478 e. The molecule has 1 aromatic carbocycles. The van der Waals surface area contributed by atoms with E-state index in [0.717, 1.165) is 24.2 Å². The fourth-order valence-electron chi connectivity index (χ4n) is 4.21. The summed E-state index contributed by atoms with van der Waals surface area (Å²) in [5.41, 5.74) is 3.68. The fraction of sp³-hybridized carbons (Fsp3) is 0.480. The average Bonchev–Trinajstić information content (AvgIpc) is 2.75. The van der Waals surface area contributed by atoms with Gasteiger partial charge in [-0.25, -0.2) is 14.8 Å². The van der Waals surface area contributed by atoms with Crippen LogP contribution in [0.2, 0.25) is 0 Å². The molecule has 4 heteroatoms. The van der Waals surface area contributed by atoms with Gasteiger partial charge in [0, 0.05) is 24.0 Å². The summed E-state index contributed by atoms with van der Waals surface area (Å²) in [5, 5.41) is 8.70. The van der Waals surface area contributed by atoms with Gasteiger partial charge in [-0.1, -0.05) is 50.1 Å². The molecular formula is C25H32N2O2. The highest BCUT2D eigenvalue weighted by atomic mass is 16.4. The minimum absolute atomic E-state index is 0.602. The Balaban J connectivity index is 1.52. The van der Waals surface area contributed by atoms with Crippen LogP contribution in [0.3, 0.4) is 0 Å². The second kappa shape index (κ2) is 10.9. The van der Waals surface area contributed by atoms with Gasteiger partial charge in [0.2, 0.25) is 0 Å². The van der Waals surface area contributed by atoms with Crippen molar-refractivity contribution in [3.63, 3.8) is 0 Å². The quantitative estimate of drug-likeness (QED) is 0.409. The van der Waals surface area contributed by atoms with Gasteiger partial charge in [-0.15, -0.1) is 0 Å². The first-order chi connectivity index (χ1) is 14.2. The Labute approximate surface area is 174 Å². The predicted octanol–water partition coefficient (Wildman–Crippen LogP) is 6.18. The van der Waals surface area contributed by atoms with Crippen LogP contribution in [0.15, 0.2) is 48.8 Å². The molecule has 0 amide bonds. The van der Waals surface area contributed by atoms with Gasteiger partial charge < -0.3 is 5.11 Å². The minimum Gasteiger partial charge on any atom is -0.478 e. The van der Waals surface area contributed by atoms with Crippen LogP contribution in [0.4, 0.5) is 0 Å². The van der Waals surface area contributed by atoms with Gasteiger partial charge >= 0.3 is 5.97 Å². The van der Waals surface area contributed by atoms with E-state index in [1.165, 1.54) is 62.1 Å². The molecule has 4 nitrogen and oxygen atoms in total. The number of rotatable bonds is 9. The number of allylic oxidation sites excluding steroid dienone is 1. The molecule has 1 aromatic heterocycles. The lowest BCUT2D eigenvalue weighted by atomic mass is 9.77. The molecule has 3 rings (SSSR count). The second-order valence-electron chi connectivity index (χ2n) is 8.19. The number of hydrogen-bond acceptors (Lipinski definition) is 3. The zero-order valence-corrected chi connectivity index (χ0v) is 17.4. The Morgan fingerprint density at radius 2 is 1.76 bits per heavy atom. The number of benzene rings is 1. The van der Waals surface area contributed by atoms with Crippen LogP contribution >= 0.6 is 0 Å². The number of aromatic nitrogens is 2. The number of carbonyl (C=O) groups is 1. The summed E-state index contributed by atoms with van der Waals surface area (Å²) in [6.45, 7) is 2.22. The molecule has 0 bridgehead atoms. The highest BCUT2D eigenvalue weighted by Crippen LogP contribution is 2.37. The first-order valence-corrected chi connectivity index (χ1v) is 11.0. The molecule has 1 aliphatic rings. The highest BCUT2D eigenvalue weighted by Gasteiger charge is 2.21. The van der Waals surface area contributed by atoms with Crippen LogP contribution in [0, 0.1) is 5.92 Å². The standard InChI is InChI=1S/C25H32N2O2/c1-2-3-4-6-20-17-26-25(27-18-20)23-15-13-22(14-16-23)21-11-9-19(10-12-21)7-5-8-24(28)29/h5,8,13-19,21H,2-4,6-7,9-12H2,1H3,(H,28,29)/b8-5+. The lowest BCUT2D eigenvalue weighted by Crippen LogP contribution is -2.13. The van der Waals surface area contributed by atoms with Crippen molar-refractivity contribution in [2.24, 2.45) is 5.92 Å². The molecule has 1 N–H and O–H groups in total. The lowest BCUT2D eigenvalue weighted by Gasteiger charge is -2.28. The summed E-state index contributed by atoms with van der Waals surface area (Å²) in [7, 11) is 0. The van der Waals surface area contributed by atoms with Gasteiger partial charge in [0.25, 0.3) is 0 Å². The molecule has 2 aromatic rings. The zero-order valence-electron chi connectivity index (χ0n) is 17.4. The van der Waals surface area contributed by atoms with E-state index in [9.17, 15) is 4.79 Å². The van der Waals surface area contributed by atoms with E-state index in [4.69, 9.17) is 5.11 Å². The molecule has 0 radical (unpaired) electrons. The van der Waals surface area contributed by atoms with E-state index in [2.05, 4.69) is 41.2 Å². The van der Waals surface area contributed by atoms with Crippen molar-refractivity contribution in [1.82, 2.24) is 9.97 Å². The maximum Gasteiger partial charge on any atom is 0.327 e. The molecule has 1 aliphatic carbocycles. The van der Waals surface area contributed by atoms with E-state index >= 15 is 0 Å². The molecule has 154 valence electrons. The molecule has 0 unspecified atom stereocenters. The Bertz CT molecular complexity index is 789. The number of carboxylic acids is 1. The molecule has 1 saturated carbocycles. The number of nitrogens with zero attached hydrogens (tertiary/aromatic N) is 2. The molecule has 0 atom stereocenters. The van der Waals surface area contributed by atoms with Gasteiger partial charge in [-0.05, 0) is 67.9 Å². The summed E-state index contributed by atoms with van der Waals surface area (Å²) in [6, 6.07) is 8.73. The molecule has 0 saturated heterocycles. The van der Waals surface area contributed by atoms with Crippen molar-refractivity contribution in [2.75, 3.05) is 0 Å². The highest BCUT2D eigenvalue weighted by molar-refractivity contribution is 5.79. The summed E-state index contributed by atoms with van der Waals surface area (Å²) >= 11 is 0. The third-order valence-electron chi connectivity index (χ3n) is 5.99. The summed E-state index contributed by atoms with van der Waals surface area (Å²) in [5.74, 6) is 1.16. The molecule has 1 heterocycles. The van der Waals surface area contributed by atoms with Crippen LogP contribution in [-0.4, -0.2) is 21.0 Å². The van der Waals surface area contributed by atoms with Crippen molar-refractivity contribution in [1.29, 1.82) is 0 Å². The van der Waals surface area contributed by atoms with Crippen molar-refractivity contribution in [3.8, 4) is 11.4 Å². The monoisotopic (exact) mass is 392 g/mol. The third kappa shape index (κ3) is 6.52. The van der Waals surface area contributed by atoms with Gasteiger partial charge in [0.1, 0.15) is 0 Å². The van der Waals surface area contributed by atoms with Gasteiger partial charge in [-0.2, -0.15) is 0 Å². The summed E-state index contributed by atoms with van der Waals surface area (Å²) in [4.78, 5) is 19.7. The van der Waals surface area contributed by atoms with E-state index < -0.39 is 5.97 Å². The maximum atomic E-state index is 10.6. The van der Waals surface area contributed by atoms with E-state index in [0.29, 0.717) is 11.8 Å². The number of unbranched alkanes of at least 4 members (excludes halogenated alkanes) is 2. The first kappa shape index (κ1) is 21.2. The molecular weight excluding hydrogens is 360 g/mol. The molecule has 1 fully saturated rings. The minimum atomic E-state index is -0.853. The maximum absolute atomic E-state index is 10.6. The van der Waals surface area contributed by atoms with Crippen molar-refractivity contribution < 1.29 is 9.90 Å². The summed E-state index contributed by atoms with van der Waals surface area (Å²) < 4.78 is 0. The zero-order chi connectivity index (χ0) is 20.5. The molecule has 0 aliphatic heterocycles. The van der Waals surface area contributed by atoms with Crippen LogP contribution < -0.4 is 0 Å². The first-order valence-electron chi connectivity index (χ1n) is 11.0. The number of aryl methyl sites for hydroxylation is 1. The Morgan fingerprint density at radius 1 is 1.07 bits per heavy atom. The third-order valence-corrected chi connectivity index (χ3v) is 5.99. The summed E-state index contributed by atoms with van der Waals surface area (Å²) in [6.07, 6.45) is 17.3. The van der Waals surface area contributed by atoms with Crippen LogP contribution in [0.25, 0.3) is 11.4 Å². The van der Waals surface area contributed by atoms with Crippen molar-refractivity contribution >= 4 is 5.97 Å². The topological polar surface area (TPSA) is 63.1 Å². The van der Waals surface area contributed by atoms with Crippen molar-refractivity contribution in [2.45, 2.75) is 70.6 Å². The number of carboxylic acid groups (broad SMARTS) is 1. The van der Waals surface area contributed by atoms with E-state index in [1.54, 1.807) is 6.08 Å². The van der Waals surface area contributed by atoms with Gasteiger partial charge in [0.15, 0.2) is 5.82 Å². The lowest BCUT2D eigenvalue weighted by molar-refractivity contribution is -0.131. The van der Waals surface area contributed by atoms with E-state index in [1.807, 2.05) is 12.4 Å². The van der Waals surface area contributed by atoms with Crippen LogP contribution in [-0.2, 0) is 11.2 Å². The predicted molar refractivity (Wildman–Crippen MR) is 117 cm³/mol. The van der Waals surface area contributed by atoms with E-state index in [-0.39, 0.29) is 0 Å². The fourth-order valence-corrected chi connectivity index (χ4v) is 4.21. The van der Waals surface area contributed by atoms with Crippen molar-refractivity contribution in [3.05, 3.63) is 59.9 Å². The second-order valence-corrected chi connectivity index (χ2v) is 8.19. The SMILES string of the molecule is CCCCCc1cnc(-c2ccc(C3CCC(C/C=C/C(=O)O)CC3)cc2)nc1. The Morgan fingerprint density at radius 3 is 2.38 bits per heavy atom. The molecule has 29 heavy (non-hydrogen) atoms. The number of hydrogen-bond donors (Lipinski definition) is 1. The van der Waals surface area contributed by atoms with Crippen LogP contribution in [0.1, 0.15) is 75.3 Å². The smallest absolute Gasteiger partial charge is 0.327 e. The van der Waals surface area contributed by atoms with Gasteiger partial charge in [-0.3, -0.25) is 0 Å². The van der Waals surface area contributed by atoms with Crippen LogP contribution in [0.5, 0.6) is 0 Å². The average molecular weight is 393 g/mol. The Hall–Kier alpha value is -2.49. The normalized spacial score (nSPS) is 19.5. The Kier molecular flexibility index (Phi) is 7.97. The molecule has 0 spiro atoms.